The summed E-state index contributed by atoms with van der Waals surface area (Å²) in [6.07, 6.45) is -21.2. The summed E-state index contributed by atoms with van der Waals surface area (Å²) in [6, 6.07) is 0. The molecule has 4 unspecified atom stereocenters. The van der Waals surface area contributed by atoms with Gasteiger partial charge in [-0.05, 0) is 20.8 Å². The van der Waals surface area contributed by atoms with Gasteiger partial charge in [0.25, 0.3) is 0 Å². The molecule has 2 saturated heterocycles. The van der Waals surface area contributed by atoms with E-state index in [2.05, 4.69) is 0 Å². The lowest BCUT2D eigenvalue weighted by molar-refractivity contribution is -0.362. The molecule has 0 amide bonds. The van der Waals surface area contributed by atoms with Crippen molar-refractivity contribution in [1.82, 2.24) is 0 Å². The van der Waals surface area contributed by atoms with Crippen LogP contribution in [-0.4, -0.2) is 133 Å². The van der Waals surface area contributed by atoms with Crippen molar-refractivity contribution in [2.75, 3.05) is 0 Å². The van der Waals surface area contributed by atoms with Crippen molar-refractivity contribution in [1.29, 1.82) is 0 Å². The summed E-state index contributed by atoms with van der Waals surface area (Å²) in [6.45, 7) is 4.01. The van der Waals surface area contributed by atoms with Crippen LogP contribution in [0.15, 0.2) is 0 Å². The van der Waals surface area contributed by atoms with Gasteiger partial charge < -0.3 is 64.6 Å². The highest BCUT2D eigenvalue weighted by Gasteiger charge is 2.50. The molecule has 0 aromatic carbocycles. The third-order valence-electron chi connectivity index (χ3n) is 5.48. The molecule has 182 valence electrons. The number of carbonyl (C=O) groups is 1. The summed E-state index contributed by atoms with van der Waals surface area (Å²) in [4.78, 5) is 11.0. The molecule has 13 heteroatoms. The molecule has 8 N–H and O–H groups in total. The van der Waals surface area contributed by atoms with Crippen molar-refractivity contribution >= 4 is 6.29 Å². The molecule has 14 atom stereocenters. The zero-order valence-electron chi connectivity index (χ0n) is 17.3. The Bertz CT molecular complexity index is 577. The van der Waals surface area contributed by atoms with Crippen LogP contribution in [0.1, 0.15) is 20.8 Å². The molecule has 0 bridgehead atoms. The molecule has 2 fully saturated rings. The number of aliphatic hydroxyl groups is 8. The van der Waals surface area contributed by atoms with E-state index in [1.807, 2.05) is 0 Å². The lowest BCUT2D eigenvalue weighted by Gasteiger charge is -2.46. The first kappa shape index (κ1) is 26.4. The third-order valence-corrected chi connectivity index (χ3v) is 5.48. The highest BCUT2D eigenvalue weighted by atomic mass is 16.7. The Hall–Kier alpha value is -0.810. The van der Waals surface area contributed by atoms with Crippen molar-refractivity contribution in [2.45, 2.75) is 107 Å². The summed E-state index contributed by atoms with van der Waals surface area (Å²) in [5.41, 5.74) is 0. The van der Waals surface area contributed by atoms with Crippen LogP contribution < -0.4 is 0 Å². The number of ether oxygens (including phenoxy) is 4. The number of aldehydes is 1. The van der Waals surface area contributed by atoms with Crippen molar-refractivity contribution in [3.63, 3.8) is 0 Å². The van der Waals surface area contributed by atoms with Gasteiger partial charge in [-0.1, -0.05) is 0 Å². The van der Waals surface area contributed by atoms with E-state index in [0.29, 0.717) is 0 Å². The second kappa shape index (κ2) is 10.9. The first-order valence-corrected chi connectivity index (χ1v) is 9.92. The summed E-state index contributed by atoms with van der Waals surface area (Å²) in [5.74, 6) is 0. The van der Waals surface area contributed by atoms with Crippen LogP contribution in [0.3, 0.4) is 0 Å². The van der Waals surface area contributed by atoms with Crippen LogP contribution in [0.2, 0.25) is 0 Å². The minimum absolute atomic E-state index is 0.0675. The highest BCUT2D eigenvalue weighted by molar-refractivity contribution is 5.56. The standard InChI is InChI=1S/C18H32O13/c1-5(20)9(22)15(8(21)4-19)30-18-14(27)16(11(24)7(3)29-18)31-17-13(26)12(25)10(23)6(2)28-17/h4-18,20-27H,1-3H3/t5?,6-,7-,8?,9?,10+,11-,12+,13-,14+,15?,16+,17-,18-/m0/s1. The summed E-state index contributed by atoms with van der Waals surface area (Å²) in [5, 5.41) is 80.3. The Morgan fingerprint density at radius 1 is 0.806 bits per heavy atom. The van der Waals surface area contributed by atoms with E-state index >= 15 is 0 Å². The minimum Gasteiger partial charge on any atom is -0.391 e. The summed E-state index contributed by atoms with van der Waals surface area (Å²) >= 11 is 0. The van der Waals surface area contributed by atoms with Crippen molar-refractivity contribution in [2.24, 2.45) is 0 Å². The van der Waals surface area contributed by atoms with Gasteiger partial charge >= 0.3 is 0 Å². The number of hydrogen-bond acceptors (Lipinski definition) is 13. The molecule has 2 heterocycles. The van der Waals surface area contributed by atoms with Gasteiger partial charge in [-0.3, -0.25) is 0 Å². The second-order valence-corrected chi connectivity index (χ2v) is 7.93. The van der Waals surface area contributed by atoms with Crippen LogP contribution >= 0.6 is 0 Å². The van der Waals surface area contributed by atoms with Crippen LogP contribution in [0.5, 0.6) is 0 Å². The van der Waals surface area contributed by atoms with Crippen LogP contribution in [-0.2, 0) is 23.7 Å². The van der Waals surface area contributed by atoms with Crippen molar-refractivity contribution in [3.05, 3.63) is 0 Å². The molecule has 31 heavy (non-hydrogen) atoms. The van der Waals surface area contributed by atoms with E-state index < -0.39 is 85.8 Å². The van der Waals surface area contributed by atoms with Crippen molar-refractivity contribution < 1.29 is 64.6 Å². The summed E-state index contributed by atoms with van der Waals surface area (Å²) < 4.78 is 21.5. The molecule has 13 nitrogen and oxygen atoms in total. The molecule has 0 radical (unpaired) electrons. The zero-order chi connectivity index (χ0) is 23.6. The predicted molar refractivity (Wildman–Crippen MR) is 98.2 cm³/mol. The van der Waals surface area contributed by atoms with Gasteiger partial charge in [-0.15, -0.1) is 0 Å². The first-order valence-electron chi connectivity index (χ1n) is 9.92. The molecule has 2 aliphatic rings. The van der Waals surface area contributed by atoms with Crippen LogP contribution in [0.25, 0.3) is 0 Å². The van der Waals surface area contributed by atoms with Gasteiger partial charge in [0.1, 0.15) is 54.9 Å². The predicted octanol–water partition coefficient (Wildman–Crippen LogP) is -4.65. The van der Waals surface area contributed by atoms with E-state index in [9.17, 15) is 45.6 Å². The Morgan fingerprint density at radius 3 is 1.90 bits per heavy atom. The zero-order valence-corrected chi connectivity index (χ0v) is 17.3. The average Bonchev–Trinajstić information content (AvgIpc) is 2.73. The van der Waals surface area contributed by atoms with E-state index in [-0.39, 0.29) is 6.29 Å². The molecular weight excluding hydrogens is 424 g/mol. The molecule has 0 aromatic heterocycles. The minimum atomic E-state index is -1.87. The second-order valence-electron chi connectivity index (χ2n) is 7.93. The fourth-order valence-corrected chi connectivity index (χ4v) is 3.42. The Kier molecular flexibility index (Phi) is 9.27. The number of rotatable bonds is 8. The molecule has 0 aromatic rings. The fraction of sp³-hybridized carbons (Fsp3) is 0.944. The van der Waals surface area contributed by atoms with Gasteiger partial charge in [0.05, 0.1) is 18.3 Å². The lowest BCUT2D eigenvalue weighted by Crippen LogP contribution is -2.64. The maximum Gasteiger partial charge on any atom is 0.187 e. The van der Waals surface area contributed by atoms with Crippen LogP contribution in [0.4, 0.5) is 0 Å². The molecule has 0 saturated carbocycles. The fourth-order valence-electron chi connectivity index (χ4n) is 3.42. The van der Waals surface area contributed by atoms with Gasteiger partial charge in [-0.25, -0.2) is 0 Å². The molecule has 2 aliphatic heterocycles. The molecule has 2 rings (SSSR count). The normalized spacial score (nSPS) is 45.5. The molecule has 0 aliphatic carbocycles. The maximum absolute atomic E-state index is 11.0. The third kappa shape index (κ3) is 5.76. The SMILES string of the molecule is CC(O)C(O)C(O[C@@H]1O[C@@H](C)[C@H](O)[C@@H](O[C@@H]2O[C@@H](C)[C@@H](O)[C@@H](O)[C@@H]2O)[C@H]1O)C(O)C=O. The van der Waals surface area contributed by atoms with Gasteiger partial charge in [0, 0.05) is 0 Å². The highest BCUT2D eigenvalue weighted by Crippen LogP contribution is 2.30. The number of aliphatic hydroxyl groups excluding tert-OH is 8. The van der Waals surface area contributed by atoms with Crippen molar-refractivity contribution in [3.8, 4) is 0 Å². The van der Waals surface area contributed by atoms with Gasteiger partial charge in [-0.2, -0.15) is 0 Å². The number of hydrogen-bond donors (Lipinski definition) is 8. The maximum atomic E-state index is 11.0. The Balaban J connectivity index is 2.18. The smallest absolute Gasteiger partial charge is 0.187 e. The quantitative estimate of drug-likeness (QED) is 0.161. The summed E-state index contributed by atoms with van der Waals surface area (Å²) in [7, 11) is 0. The van der Waals surface area contributed by atoms with E-state index in [1.165, 1.54) is 20.8 Å². The Morgan fingerprint density at radius 2 is 1.35 bits per heavy atom. The monoisotopic (exact) mass is 456 g/mol. The Labute approximate surface area is 178 Å². The number of carbonyl (C=O) groups excluding carboxylic acids is 1. The molecular formula is C18H32O13. The van der Waals surface area contributed by atoms with Crippen LogP contribution in [0, 0.1) is 0 Å². The van der Waals surface area contributed by atoms with E-state index in [1.54, 1.807) is 0 Å². The molecule has 0 spiro atoms. The largest absolute Gasteiger partial charge is 0.391 e. The van der Waals surface area contributed by atoms with Gasteiger partial charge in [0.2, 0.25) is 0 Å². The first-order chi connectivity index (χ1) is 14.4. The topological polar surface area (TPSA) is 216 Å². The van der Waals surface area contributed by atoms with Gasteiger partial charge in [0.15, 0.2) is 18.9 Å². The average molecular weight is 456 g/mol. The van der Waals surface area contributed by atoms with E-state index in [0.717, 1.165) is 0 Å². The lowest BCUT2D eigenvalue weighted by atomic mass is 9.97. The van der Waals surface area contributed by atoms with E-state index in [4.69, 9.17) is 18.9 Å².